The van der Waals surface area contributed by atoms with Crippen LogP contribution >= 0.6 is 23.2 Å². The van der Waals surface area contributed by atoms with Crippen molar-refractivity contribution in [3.8, 4) is 5.75 Å². The molecular formula is C24H27Cl2N3O3S. The molecule has 0 atom stereocenters. The lowest BCUT2D eigenvalue weighted by Gasteiger charge is -2.26. The van der Waals surface area contributed by atoms with Gasteiger partial charge < -0.3 is 15.0 Å². The van der Waals surface area contributed by atoms with Gasteiger partial charge in [-0.1, -0.05) is 35.3 Å². The van der Waals surface area contributed by atoms with Crippen molar-refractivity contribution in [2.75, 3.05) is 50.0 Å². The van der Waals surface area contributed by atoms with Gasteiger partial charge in [0.25, 0.3) is 10.0 Å². The van der Waals surface area contributed by atoms with Gasteiger partial charge in [-0.3, -0.25) is 4.31 Å². The second-order valence-corrected chi connectivity index (χ2v) is 10.3. The summed E-state index contributed by atoms with van der Waals surface area (Å²) in [6.07, 6.45) is 0. The second-order valence-electron chi connectivity index (χ2n) is 7.59. The summed E-state index contributed by atoms with van der Waals surface area (Å²) in [4.78, 5) is 2.03. The van der Waals surface area contributed by atoms with Crippen LogP contribution in [-0.4, -0.2) is 53.7 Å². The van der Waals surface area contributed by atoms with Gasteiger partial charge in [0, 0.05) is 30.3 Å². The fraction of sp³-hybridized carbons (Fsp3) is 0.250. The molecule has 3 rings (SSSR count). The van der Waals surface area contributed by atoms with Crippen LogP contribution in [0.4, 0.5) is 11.4 Å². The summed E-state index contributed by atoms with van der Waals surface area (Å²) in [7, 11) is -0.0186. The topological polar surface area (TPSA) is 61.9 Å². The SMILES string of the molecule is CN(C)CCN(c1ccc(NCCOc2ccc(Cl)cc2)cc1)S(=O)(=O)c1ccccc1Cl. The van der Waals surface area contributed by atoms with E-state index in [-0.39, 0.29) is 9.92 Å². The largest absolute Gasteiger partial charge is 0.492 e. The Labute approximate surface area is 205 Å². The van der Waals surface area contributed by atoms with Crippen LogP contribution in [0.2, 0.25) is 10.0 Å². The van der Waals surface area contributed by atoms with Gasteiger partial charge in [0.1, 0.15) is 17.3 Å². The highest BCUT2D eigenvalue weighted by Gasteiger charge is 2.27. The van der Waals surface area contributed by atoms with Gasteiger partial charge in [-0.25, -0.2) is 8.42 Å². The number of nitrogens with one attached hydrogen (secondary N) is 1. The maximum Gasteiger partial charge on any atom is 0.265 e. The zero-order valence-corrected chi connectivity index (χ0v) is 20.9. The van der Waals surface area contributed by atoms with Crippen molar-refractivity contribution >= 4 is 44.6 Å². The van der Waals surface area contributed by atoms with Gasteiger partial charge in [0.05, 0.1) is 10.7 Å². The van der Waals surface area contributed by atoms with E-state index in [4.69, 9.17) is 27.9 Å². The fourth-order valence-corrected chi connectivity index (χ4v) is 5.17. The summed E-state index contributed by atoms with van der Waals surface area (Å²) >= 11 is 12.1. The van der Waals surface area contributed by atoms with Crippen molar-refractivity contribution in [2.45, 2.75) is 4.90 Å². The molecule has 0 aliphatic rings. The molecule has 0 saturated heterocycles. The third-order valence-electron chi connectivity index (χ3n) is 4.82. The second kappa shape index (κ2) is 11.6. The van der Waals surface area contributed by atoms with Crippen LogP contribution in [0.1, 0.15) is 0 Å². The summed E-state index contributed by atoms with van der Waals surface area (Å²) < 4.78 is 33.9. The van der Waals surface area contributed by atoms with Crippen LogP contribution in [-0.2, 0) is 10.0 Å². The Kier molecular flexibility index (Phi) is 8.86. The first kappa shape index (κ1) is 25.2. The molecule has 0 saturated carbocycles. The lowest BCUT2D eigenvalue weighted by Crippen LogP contribution is -2.36. The minimum atomic E-state index is -3.82. The van der Waals surface area contributed by atoms with E-state index >= 15 is 0 Å². The molecule has 0 unspecified atom stereocenters. The highest BCUT2D eigenvalue weighted by molar-refractivity contribution is 7.93. The number of anilines is 2. The van der Waals surface area contributed by atoms with E-state index in [1.165, 1.54) is 10.4 Å². The number of benzene rings is 3. The van der Waals surface area contributed by atoms with Crippen molar-refractivity contribution in [1.82, 2.24) is 4.90 Å². The molecular weight excluding hydrogens is 481 g/mol. The minimum absolute atomic E-state index is 0.0898. The molecule has 0 heterocycles. The summed E-state index contributed by atoms with van der Waals surface area (Å²) in [5.74, 6) is 0.748. The third-order valence-corrected chi connectivity index (χ3v) is 7.40. The number of hydrogen-bond acceptors (Lipinski definition) is 5. The van der Waals surface area contributed by atoms with E-state index in [0.29, 0.717) is 37.0 Å². The zero-order chi connectivity index (χ0) is 23.8. The van der Waals surface area contributed by atoms with E-state index in [2.05, 4.69) is 5.32 Å². The Balaban J connectivity index is 1.68. The maximum absolute atomic E-state index is 13.4. The van der Waals surface area contributed by atoms with E-state index in [1.807, 2.05) is 43.3 Å². The average Bonchev–Trinajstić information content (AvgIpc) is 2.79. The monoisotopic (exact) mass is 507 g/mol. The van der Waals surface area contributed by atoms with Gasteiger partial charge in [0.15, 0.2) is 0 Å². The Morgan fingerprint density at radius 2 is 1.55 bits per heavy atom. The molecule has 0 radical (unpaired) electrons. The summed E-state index contributed by atoms with van der Waals surface area (Å²) in [6, 6.07) is 20.9. The van der Waals surface area contributed by atoms with Crippen LogP contribution in [0.25, 0.3) is 0 Å². The van der Waals surface area contributed by atoms with E-state index < -0.39 is 10.0 Å². The van der Waals surface area contributed by atoms with Gasteiger partial charge in [0.2, 0.25) is 0 Å². The van der Waals surface area contributed by atoms with Gasteiger partial charge in [-0.05, 0) is 74.8 Å². The summed E-state index contributed by atoms with van der Waals surface area (Å²) in [6.45, 7) is 1.91. The first-order chi connectivity index (χ1) is 15.8. The van der Waals surface area contributed by atoms with Crippen LogP contribution in [0, 0.1) is 0 Å². The fourth-order valence-electron chi connectivity index (χ4n) is 3.09. The number of nitrogens with zero attached hydrogens (tertiary/aromatic N) is 2. The van der Waals surface area contributed by atoms with Gasteiger partial charge >= 0.3 is 0 Å². The van der Waals surface area contributed by atoms with E-state index in [1.54, 1.807) is 42.5 Å². The minimum Gasteiger partial charge on any atom is -0.492 e. The Bertz CT molecular complexity index is 1140. The number of hydrogen-bond donors (Lipinski definition) is 1. The van der Waals surface area contributed by atoms with Crippen molar-refractivity contribution in [1.29, 1.82) is 0 Å². The molecule has 6 nitrogen and oxygen atoms in total. The number of ether oxygens (including phenoxy) is 1. The number of halogens is 2. The standard InChI is InChI=1S/C24H27Cl2N3O3S/c1-28(2)16-17-29(33(30,31)24-6-4-3-5-23(24)26)21-11-9-20(10-12-21)27-15-18-32-22-13-7-19(25)8-14-22/h3-14,27H,15-18H2,1-2H3. The first-order valence-electron chi connectivity index (χ1n) is 10.4. The average molecular weight is 508 g/mol. The molecule has 0 aliphatic carbocycles. The predicted molar refractivity (Wildman–Crippen MR) is 136 cm³/mol. The van der Waals surface area contributed by atoms with Crippen LogP contribution in [0.5, 0.6) is 5.75 Å². The van der Waals surface area contributed by atoms with E-state index in [9.17, 15) is 8.42 Å². The lowest BCUT2D eigenvalue weighted by atomic mass is 10.2. The normalized spacial score (nSPS) is 11.4. The molecule has 0 aliphatic heterocycles. The molecule has 0 spiro atoms. The molecule has 0 aromatic heterocycles. The third kappa shape index (κ3) is 7.01. The number of likely N-dealkylation sites (N-methyl/N-ethyl adjacent to an activating group) is 1. The van der Waals surface area contributed by atoms with Crippen LogP contribution in [0.15, 0.2) is 77.7 Å². The van der Waals surface area contributed by atoms with Crippen molar-refractivity contribution in [3.63, 3.8) is 0 Å². The number of rotatable bonds is 11. The molecule has 0 amide bonds. The molecule has 1 N–H and O–H groups in total. The Hall–Kier alpha value is -2.45. The molecule has 3 aromatic rings. The van der Waals surface area contributed by atoms with Gasteiger partial charge in [-0.2, -0.15) is 0 Å². The smallest absolute Gasteiger partial charge is 0.265 e. The molecule has 9 heteroatoms. The lowest BCUT2D eigenvalue weighted by molar-refractivity contribution is 0.333. The molecule has 176 valence electrons. The Morgan fingerprint density at radius 1 is 0.879 bits per heavy atom. The van der Waals surface area contributed by atoms with Crippen LogP contribution < -0.4 is 14.4 Å². The highest BCUT2D eigenvalue weighted by Crippen LogP contribution is 2.29. The molecule has 0 fully saturated rings. The zero-order valence-electron chi connectivity index (χ0n) is 18.5. The highest BCUT2D eigenvalue weighted by atomic mass is 35.5. The first-order valence-corrected chi connectivity index (χ1v) is 12.6. The quantitative estimate of drug-likeness (QED) is 0.359. The molecule has 3 aromatic carbocycles. The van der Waals surface area contributed by atoms with Gasteiger partial charge in [-0.15, -0.1) is 0 Å². The summed E-state index contributed by atoms with van der Waals surface area (Å²) in [5, 5.41) is 4.14. The summed E-state index contributed by atoms with van der Waals surface area (Å²) in [5.41, 5.74) is 1.43. The van der Waals surface area contributed by atoms with Crippen molar-refractivity contribution in [3.05, 3.63) is 82.8 Å². The van der Waals surface area contributed by atoms with Crippen molar-refractivity contribution in [2.24, 2.45) is 0 Å². The maximum atomic E-state index is 13.4. The molecule has 0 bridgehead atoms. The Morgan fingerprint density at radius 3 is 2.18 bits per heavy atom. The van der Waals surface area contributed by atoms with E-state index in [0.717, 1.165) is 11.4 Å². The predicted octanol–water partition coefficient (Wildman–Crippen LogP) is 5.24. The van der Waals surface area contributed by atoms with Crippen molar-refractivity contribution < 1.29 is 13.2 Å². The van der Waals surface area contributed by atoms with Crippen LogP contribution in [0.3, 0.4) is 0 Å². The number of sulfonamides is 1. The molecule has 33 heavy (non-hydrogen) atoms.